The number of para-hydroxylation sites is 1. The second-order valence-corrected chi connectivity index (χ2v) is 8.30. The van der Waals surface area contributed by atoms with E-state index in [4.69, 9.17) is 4.74 Å². The van der Waals surface area contributed by atoms with Crippen LogP contribution < -0.4 is 5.32 Å². The molecular formula is C20H20N2O4S. The molecule has 6 nitrogen and oxygen atoms in total. The minimum absolute atomic E-state index is 0.00823. The third-order valence-electron chi connectivity index (χ3n) is 4.75. The van der Waals surface area contributed by atoms with Crippen LogP contribution in [0.25, 0.3) is 10.9 Å². The maximum absolute atomic E-state index is 13.3. The van der Waals surface area contributed by atoms with Crippen molar-refractivity contribution in [3.8, 4) is 0 Å². The van der Waals surface area contributed by atoms with Gasteiger partial charge in [0.15, 0.2) is 0 Å². The minimum Gasteiger partial charge on any atom is -0.376 e. The molecule has 1 aromatic heterocycles. The van der Waals surface area contributed by atoms with Crippen LogP contribution in [-0.2, 0) is 14.8 Å². The van der Waals surface area contributed by atoms with Crippen molar-refractivity contribution in [1.29, 1.82) is 0 Å². The van der Waals surface area contributed by atoms with Crippen LogP contribution in [0.4, 0.5) is 0 Å². The number of fused-ring (bicyclic) bond motifs is 1. The lowest BCUT2D eigenvalue weighted by atomic mass is 10.2. The number of ether oxygens (including phenoxy) is 1. The number of amides is 1. The lowest BCUT2D eigenvalue weighted by Gasteiger charge is -2.14. The Morgan fingerprint density at radius 3 is 2.70 bits per heavy atom. The van der Waals surface area contributed by atoms with Gasteiger partial charge in [0.1, 0.15) is 4.90 Å². The van der Waals surface area contributed by atoms with E-state index in [0.29, 0.717) is 18.7 Å². The van der Waals surface area contributed by atoms with Gasteiger partial charge in [-0.2, -0.15) is 0 Å². The van der Waals surface area contributed by atoms with Gasteiger partial charge in [-0.15, -0.1) is 0 Å². The van der Waals surface area contributed by atoms with Crippen LogP contribution in [0.3, 0.4) is 0 Å². The van der Waals surface area contributed by atoms with Gasteiger partial charge in [-0.3, -0.25) is 4.79 Å². The Hall–Kier alpha value is -2.64. The average molecular weight is 384 g/mol. The molecule has 0 spiro atoms. The van der Waals surface area contributed by atoms with E-state index in [1.165, 1.54) is 22.3 Å². The van der Waals surface area contributed by atoms with Gasteiger partial charge in [-0.1, -0.05) is 30.3 Å². The summed E-state index contributed by atoms with van der Waals surface area (Å²) in [6.07, 6.45) is 3.38. The van der Waals surface area contributed by atoms with Gasteiger partial charge >= 0.3 is 0 Å². The number of carbonyl (C=O) groups is 1. The van der Waals surface area contributed by atoms with Gasteiger partial charge in [0.2, 0.25) is 0 Å². The number of benzene rings is 2. The summed E-state index contributed by atoms with van der Waals surface area (Å²) in [6, 6.07) is 15.2. The molecule has 1 aliphatic rings. The maximum atomic E-state index is 13.3. The fourth-order valence-electron chi connectivity index (χ4n) is 3.36. The quantitative estimate of drug-likeness (QED) is 0.734. The van der Waals surface area contributed by atoms with Crippen molar-refractivity contribution in [2.24, 2.45) is 0 Å². The molecule has 1 unspecified atom stereocenters. The highest BCUT2D eigenvalue weighted by atomic mass is 32.2. The molecule has 140 valence electrons. The number of nitrogens with one attached hydrogen (secondary N) is 1. The van der Waals surface area contributed by atoms with E-state index in [2.05, 4.69) is 5.32 Å². The van der Waals surface area contributed by atoms with Crippen molar-refractivity contribution in [3.05, 3.63) is 66.4 Å². The number of carbonyl (C=O) groups excluding carboxylic acids is 1. The second kappa shape index (κ2) is 7.17. The van der Waals surface area contributed by atoms with Crippen molar-refractivity contribution in [3.63, 3.8) is 0 Å². The summed E-state index contributed by atoms with van der Waals surface area (Å²) < 4.78 is 33.2. The summed E-state index contributed by atoms with van der Waals surface area (Å²) in [6.45, 7) is 1.08. The van der Waals surface area contributed by atoms with Crippen LogP contribution >= 0.6 is 0 Å². The molecule has 1 aliphatic heterocycles. The molecular weight excluding hydrogens is 364 g/mol. The summed E-state index contributed by atoms with van der Waals surface area (Å²) >= 11 is 0. The fraction of sp³-hybridized carbons (Fsp3) is 0.250. The molecule has 27 heavy (non-hydrogen) atoms. The lowest BCUT2D eigenvalue weighted by molar-refractivity contribution is 0.0855. The average Bonchev–Trinajstić information content (AvgIpc) is 3.36. The number of nitrogens with zero attached hydrogens (tertiary/aromatic N) is 1. The van der Waals surface area contributed by atoms with E-state index in [1.54, 1.807) is 30.3 Å². The highest BCUT2D eigenvalue weighted by Crippen LogP contribution is 2.24. The molecule has 0 saturated carbocycles. The molecule has 3 aromatic rings. The standard InChI is InChI=1S/C20H20N2O4S/c23-20(21-14-16-7-5-13-26-16)17-8-2-4-10-19(17)27(24,25)22-12-11-15-6-1-3-9-18(15)22/h1-4,6,8-12,16H,5,7,13-14H2,(H,21,23). The smallest absolute Gasteiger partial charge is 0.268 e. The molecule has 0 bridgehead atoms. The van der Waals surface area contributed by atoms with E-state index in [0.717, 1.165) is 18.2 Å². The Balaban J connectivity index is 1.68. The molecule has 2 aromatic carbocycles. The zero-order valence-corrected chi connectivity index (χ0v) is 15.5. The summed E-state index contributed by atoms with van der Waals surface area (Å²) in [4.78, 5) is 12.6. The van der Waals surface area contributed by atoms with Crippen LogP contribution in [0.1, 0.15) is 23.2 Å². The number of hydrogen-bond donors (Lipinski definition) is 1. The minimum atomic E-state index is -3.91. The first kappa shape index (κ1) is 17.8. The fourth-order valence-corrected chi connectivity index (χ4v) is 4.91. The number of rotatable bonds is 5. The molecule has 1 saturated heterocycles. The SMILES string of the molecule is O=C(NCC1CCCO1)c1ccccc1S(=O)(=O)n1ccc2ccccc21. The van der Waals surface area contributed by atoms with E-state index >= 15 is 0 Å². The molecule has 0 aliphatic carbocycles. The van der Waals surface area contributed by atoms with E-state index in [-0.39, 0.29) is 16.6 Å². The highest BCUT2D eigenvalue weighted by Gasteiger charge is 2.25. The Morgan fingerprint density at radius 1 is 1.11 bits per heavy atom. The molecule has 7 heteroatoms. The van der Waals surface area contributed by atoms with Crippen molar-refractivity contribution in [2.45, 2.75) is 23.8 Å². The predicted molar refractivity (Wildman–Crippen MR) is 102 cm³/mol. The highest BCUT2D eigenvalue weighted by molar-refractivity contribution is 7.90. The summed E-state index contributed by atoms with van der Waals surface area (Å²) in [5, 5.41) is 3.62. The van der Waals surface area contributed by atoms with E-state index in [9.17, 15) is 13.2 Å². The third kappa shape index (κ3) is 3.36. The summed E-state index contributed by atoms with van der Waals surface area (Å²) in [5.41, 5.74) is 0.709. The van der Waals surface area contributed by atoms with Crippen molar-refractivity contribution in [2.75, 3.05) is 13.2 Å². The van der Waals surface area contributed by atoms with E-state index < -0.39 is 15.9 Å². The first-order valence-corrected chi connectivity index (χ1v) is 10.3. The second-order valence-electron chi connectivity index (χ2n) is 6.52. The van der Waals surface area contributed by atoms with Crippen LogP contribution in [0.5, 0.6) is 0 Å². The summed E-state index contributed by atoms with van der Waals surface area (Å²) in [7, 11) is -3.91. The van der Waals surface area contributed by atoms with E-state index in [1.807, 2.05) is 12.1 Å². The van der Waals surface area contributed by atoms with Crippen LogP contribution in [0.15, 0.2) is 65.7 Å². The zero-order valence-electron chi connectivity index (χ0n) is 14.7. The maximum Gasteiger partial charge on any atom is 0.268 e. The molecule has 1 N–H and O–H groups in total. The molecule has 0 radical (unpaired) electrons. The van der Waals surface area contributed by atoms with Crippen LogP contribution in [0, 0.1) is 0 Å². The molecule has 1 fully saturated rings. The van der Waals surface area contributed by atoms with Gasteiger partial charge in [0.25, 0.3) is 15.9 Å². The van der Waals surface area contributed by atoms with Crippen LogP contribution in [0.2, 0.25) is 0 Å². The summed E-state index contributed by atoms with van der Waals surface area (Å²) in [5.74, 6) is -0.416. The van der Waals surface area contributed by atoms with Gasteiger partial charge in [-0.05, 0) is 37.1 Å². The topological polar surface area (TPSA) is 77.4 Å². The van der Waals surface area contributed by atoms with Crippen molar-refractivity contribution >= 4 is 26.8 Å². The lowest BCUT2D eigenvalue weighted by Crippen LogP contribution is -2.32. The number of aromatic nitrogens is 1. The largest absolute Gasteiger partial charge is 0.376 e. The monoisotopic (exact) mass is 384 g/mol. The normalized spacial score (nSPS) is 17.3. The molecule has 1 amide bonds. The molecule has 4 rings (SSSR count). The van der Waals surface area contributed by atoms with Gasteiger partial charge in [-0.25, -0.2) is 12.4 Å². The Morgan fingerprint density at radius 2 is 1.89 bits per heavy atom. The first-order chi connectivity index (χ1) is 13.1. The zero-order chi connectivity index (χ0) is 18.9. The number of hydrogen-bond acceptors (Lipinski definition) is 4. The van der Waals surface area contributed by atoms with Crippen molar-refractivity contribution in [1.82, 2.24) is 9.29 Å². The third-order valence-corrected chi connectivity index (χ3v) is 6.49. The van der Waals surface area contributed by atoms with Gasteiger partial charge in [0, 0.05) is 24.7 Å². The predicted octanol–water partition coefficient (Wildman–Crippen LogP) is 2.79. The molecule has 2 heterocycles. The Bertz CT molecular complexity index is 1080. The Kier molecular flexibility index (Phi) is 4.72. The first-order valence-electron chi connectivity index (χ1n) is 8.88. The van der Waals surface area contributed by atoms with Crippen molar-refractivity contribution < 1.29 is 17.9 Å². The Labute approximate surface area is 157 Å². The van der Waals surface area contributed by atoms with Gasteiger partial charge in [0.05, 0.1) is 17.2 Å². The van der Waals surface area contributed by atoms with Gasteiger partial charge < -0.3 is 10.1 Å². The molecule has 1 atom stereocenters. The van der Waals surface area contributed by atoms with Crippen LogP contribution in [-0.4, -0.2) is 37.6 Å².